The zero-order valence-electron chi connectivity index (χ0n) is 11.9. The molecule has 1 aliphatic rings. The van der Waals surface area contributed by atoms with Crippen molar-refractivity contribution in [1.29, 1.82) is 0 Å². The molecule has 8 heteroatoms. The Morgan fingerprint density at radius 1 is 1.41 bits per heavy atom. The van der Waals surface area contributed by atoms with Crippen molar-refractivity contribution in [2.75, 3.05) is 19.1 Å². The average molecular weight is 334 g/mol. The largest absolute Gasteiger partial charge is 0.478 e. The van der Waals surface area contributed by atoms with Gasteiger partial charge in [0.05, 0.1) is 22.3 Å². The van der Waals surface area contributed by atoms with Crippen LogP contribution >= 0.6 is 0 Å². The van der Waals surface area contributed by atoms with E-state index in [1.165, 1.54) is 19.1 Å². The summed E-state index contributed by atoms with van der Waals surface area (Å²) in [6.45, 7) is -0.598. The Bertz CT molecular complexity index is 683. The number of benzene rings is 1. The smallest absolute Gasteiger partial charge is 0.335 e. The Balaban J connectivity index is 2.56. The van der Waals surface area contributed by atoms with E-state index in [4.69, 9.17) is 9.84 Å². The number of alkyl halides is 2. The van der Waals surface area contributed by atoms with Gasteiger partial charge in [-0.2, -0.15) is 0 Å². The third-order valence-corrected chi connectivity index (χ3v) is 5.51. The highest BCUT2D eigenvalue weighted by Crippen LogP contribution is 2.38. The van der Waals surface area contributed by atoms with E-state index in [2.05, 4.69) is 0 Å². The van der Waals surface area contributed by atoms with Crippen LogP contribution in [0.15, 0.2) is 17.0 Å². The van der Waals surface area contributed by atoms with Gasteiger partial charge in [-0.25, -0.2) is 22.0 Å². The second kappa shape index (κ2) is 6.29. The maximum Gasteiger partial charge on any atom is 0.335 e. The number of carbonyl (C=O) groups is 1. The fraction of sp³-hybridized carbons (Fsp3) is 0.500. The first-order chi connectivity index (χ1) is 10.3. The minimum atomic E-state index is -3.55. The van der Waals surface area contributed by atoms with Crippen molar-refractivity contribution in [3.8, 4) is 0 Å². The number of hydrogen-bond donors (Lipinski definition) is 1. The van der Waals surface area contributed by atoms with Gasteiger partial charge in [0.2, 0.25) is 0 Å². The minimum absolute atomic E-state index is 0.0253. The van der Waals surface area contributed by atoms with Gasteiger partial charge in [-0.15, -0.1) is 0 Å². The van der Waals surface area contributed by atoms with E-state index in [9.17, 15) is 22.0 Å². The topological polar surface area (TPSA) is 80.7 Å². The number of hydrogen-bond acceptors (Lipinski definition) is 4. The number of rotatable bonds is 5. The molecule has 0 aromatic heterocycles. The van der Waals surface area contributed by atoms with E-state index in [-0.39, 0.29) is 33.8 Å². The molecule has 1 N–H and O–H groups in total. The zero-order chi connectivity index (χ0) is 16.5. The van der Waals surface area contributed by atoms with Crippen molar-refractivity contribution in [2.24, 2.45) is 0 Å². The predicted octanol–water partition coefficient (Wildman–Crippen LogP) is 2.24. The first-order valence-corrected chi connectivity index (χ1v) is 8.34. The van der Waals surface area contributed by atoms with Crippen LogP contribution in [0.5, 0.6) is 0 Å². The lowest BCUT2D eigenvalue weighted by Crippen LogP contribution is -2.28. The van der Waals surface area contributed by atoms with Crippen LogP contribution in [-0.2, 0) is 14.6 Å². The van der Waals surface area contributed by atoms with Crippen LogP contribution < -0.4 is 0 Å². The molecule has 0 fully saturated rings. The molecule has 0 aliphatic carbocycles. The molecule has 1 atom stereocenters. The van der Waals surface area contributed by atoms with E-state index in [0.29, 0.717) is 0 Å². The lowest BCUT2D eigenvalue weighted by molar-refractivity contribution is -0.0398. The van der Waals surface area contributed by atoms with Crippen molar-refractivity contribution < 1.29 is 31.8 Å². The molecule has 0 amide bonds. The first-order valence-electron chi connectivity index (χ1n) is 6.68. The normalized spacial score (nSPS) is 19.9. The molecule has 0 radical (unpaired) electrons. The molecule has 0 saturated heterocycles. The Hall–Kier alpha value is -1.54. The molecule has 0 saturated carbocycles. The summed E-state index contributed by atoms with van der Waals surface area (Å²) in [6.07, 6.45) is -2.09. The van der Waals surface area contributed by atoms with Crippen LogP contribution in [0.1, 0.15) is 34.0 Å². The number of fused-ring (bicyclic) bond motifs is 1. The molecule has 1 heterocycles. The van der Waals surface area contributed by atoms with Gasteiger partial charge < -0.3 is 9.84 Å². The number of aromatic carboxylic acids is 1. The molecule has 5 nitrogen and oxygen atoms in total. The molecule has 0 bridgehead atoms. The highest BCUT2D eigenvalue weighted by Gasteiger charge is 2.35. The summed E-state index contributed by atoms with van der Waals surface area (Å²) < 4.78 is 54.9. The predicted molar refractivity (Wildman–Crippen MR) is 74.4 cm³/mol. The monoisotopic (exact) mass is 334 g/mol. The molecule has 1 aliphatic heterocycles. The summed E-state index contributed by atoms with van der Waals surface area (Å²) in [5.41, 5.74) is 0.384. The fourth-order valence-electron chi connectivity index (χ4n) is 2.61. The lowest BCUT2D eigenvalue weighted by atomic mass is 9.96. The maximum atomic E-state index is 12.7. The highest BCUT2D eigenvalue weighted by atomic mass is 32.2. The SMILES string of the molecule is Cc1c(C(=O)O)ccc2c1C(OC(CF)CF)CCS2(=O)=O. The van der Waals surface area contributed by atoms with Gasteiger partial charge in [0, 0.05) is 5.56 Å². The fourth-order valence-corrected chi connectivity index (χ4v) is 4.24. The van der Waals surface area contributed by atoms with Gasteiger partial charge in [0.15, 0.2) is 9.84 Å². The van der Waals surface area contributed by atoms with Crippen LogP contribution in [0.2, 0.25) is 0 Å². The van der Waals surface area contributed by atoms with Crippen molar-refractivity contribution in [3.05, 3.63) is 28.8 Å². The molecule has 2 rings (SSSR count). The summed E-state index contributed by atoms with van der Waals surface area (Å²) in [6, 6.07) is 2.44. The van der Waals surface area contributed by atoms with Crippen LogP contribution in [0, 0.1) is 6.92 Å². The minimum Gasteiger partial charge on any atom is -0.478 e. The van der Waals surface area contributed by atoms with Crippen molar-refractivity contribution in [1.82, 2.24) is 0 Å². The van der Waals surface area contributed by atoms with Gasteiger partial charge >= 0.3 is 5.97 Å². The molecule has 22 heavy (non-hydrogen) atoms. The van der Waals surface area contributed by atoms with Crippen molar-refractivity contribution in [3.63, 3.8) is 0 Å². The standard InChI is InChI=1S/C14H16F2O5S/c1-8-10(14(17)18)2-3-12-13(8)11(4-5-22(12,19)20)21-9(6-15)7-16/h2-3,9,11H,4-7H2,1H3,(H,17,18). The second-order valence-electron chi connectivity index (χ2n) is 5.12. The second-order valence-corrected chi connectivity index (χ2v) is 7.20. The zero-order valence-corrected chi connectivity index (χ0v) is 12.7. The number of sulfone groups is 1. The summed E-state index contributed by atoms with van der Waals surface area (Å²) in [5, 5.41) is 9.15. The summed E-state index contributed by atoms with van der Waals surface area (Å²) in [4.78, 5) is 11.2. The maximum absolute atomic E-state index is 12.7. The van der Waals surface area contributed by atoms with Crippen LogP contribution in [0.4, 0.5) is 8.78 Å². The Morgan fingerprint density at radius 3 is 2.59 bits per heavy atom. The summed E-state index contributed by atoms with van der Waals surface area (Å²) in [5.74, 6) is -1.41. The van der Waals surface area contributed by atoms with E-state index in [1.54, 1.807) is 0 Å². The highest BCUT2D eigenvalue weighted by molar-refractivity contribution is 7.91. The van der Waals surface area contributed by atoms with E-state index in [1.807, 2.05) is 0 Å². The van der Waals surface area contributed by atoms with Crippen LogP contribution in [0.3, 0.4) is 0 Å². The van der Waals surface area contributed by atoms with Gasteiger partial charge in [0.25, 0.3) is 0 Å². The number of carboxylic acid groups (broad SMARTS) is 1. The first kappa shape index (κ1) is 16.8. The molecule has 1 aromatic carbocycles. The third-order valence-electron chi connectivity index (χ3n) is 3.71. The Kier molecular flexibility index (Phi) is 4.81. The van der Waals surface area contributed by atoms with Gasteiger partial charge in [-0.3, -0.25) is 0 Å². The van der Waals surface area contributed by atoms with E-state index < -0.39 is 41.4 Å². The van der Waals surface area contributed by atoms with E-state index in [0.717, 1.165) is 0 Å². The van der Waals surface area contributed by atoms with Crippen molar-refractivity contribution in [2.45, 2.75) is 30.4 Å². The number of halogens is 2. The molecule has 0 spiro atoms. The summed E-state index contributed by atoms with van der Waals surface area (Å²) >= 11 is 0. The molecular weight excluding hydrogens is 318 g/mol. The molecule has 1 unspecified atom stereocenters. The number of ether oxygens (including phenoxy) is 1. The summed E-state index contributed by atoms with van der Waals surface area (Å²) in [7, 11) is -3.55. The van der Waals surface area contributed by atoms with Crippen LogP contribution in [-0.4, -0.2) is 44.7 Å². The van der Waals surface area contributed by atoms with Gasteiger partial charge in [-0.05, 0) is 31.0 Å². The Morgan fingerprint density at radius 2 is 2.05 bits per heavy atom. The van der Waals surface area contributed by atoms with Gasteiger partial charge in [-0.1, -0.05) is 0 Å². The van der Waals surface area contributed by atoms with Gasteiger partial charge in [0.1, 0.15) is 19.5 Å². The lowest BCUT2D eigenvalue weighted by Gasteiger charge is -2.29. The Labute approximate surface area is 126 Å². The van der Waals surface area contributed by atoms with Crippen molar-refractivity contribution >= 4 is 15.8 Å². The average Bonchev–Trinajstić information content (AvgIpc) is 2.46. The van der Waals surface area contributed by atoms with E-state index >= 15 is 0 Å². The quantitative estimate of drug-likeness (QED) is 0.893. The molecule has 122 valence electrons. The molecule has 1 aromatic rings. The molecular formula is C14H16F2O5S. The number of carboxylic acids is 1. The third kappa shape index (κ3) is 2.98. The van der Waals surface area contributed by atoms with Crippen LogP contribution in [0.25, 0.3) is 0 Å².